The Morgan fingerprint density at radius 2 is 1.92 bits per heavy atom. The van der Waals surface area contributed by atoms with Gasteiger partial charge in [0.1, 0.15) is 5.75 Å². The fourth-order valence-corrected chi connectivity index (χ4v) is 3.70. The zero-order valence-electron chi connectivity index (χ0n) is 14.1. The van der Waals surface area contributed by atoms with E-state index >= 15 is 0 Å². The fraction of sp³-hybridized carbons (Fsp3) is 0.611. The van der Waals surface area contributed by atoms with Crippen LogP contribution in [0.5, 0.6) is 5.75 Å². The molecule has 2 aliphatic rings. The molecule has 1 aromatic carbocycles. The van der Waals surface area contributed by atoms with Crippen molar-refractivity contribution in [3.8, 4) is 5.75 Å². The molecule has 2 fully saturated rings. The lowest BCUT2D eigenvalue weighted by atomic mass is 9.90. The molecule has 1 saturated heterocycles. The maximum atomic E-state index is 12.6. The van der Waals surface area contributed by atoms with Crippen LogP contribution in [0, 0.1) is 11.8 Å². The van der Waals surface area contributed by atoms with Gasteiger partial charge in [-0.15, -0.1) is 13.2 Å². The Morgan fingerprint density at radius 1 is 1.28 bits per heavy atom. The zero-order valence-corrected chi connectivity index (χ0v) is 14.1. The SMILES string of the molecule is CC(N)C1CCN(C(=O)C2CC2c2ccccc2OC(F)(F)F)CC1. The lowest BCUT2D eigenvalue weighted by Gasteiger charge is -2.34. The van der Waals surface area contributed by atoms with Gasteiger partial charge >= 0.3 is 6.36 Å². The summed E-state index contributed by atoms with van der Waals surface area (Å²) in [6, 6.07) is 6.21. The molecule has 1 aliphatic carbocycles. The second-order valence-electron chi connectivity index (χ2n) is 7.06. The number of para-hydroxylation sites is 1. The highest BCUT2D eigenvalue weighted by Gasteiger charge is 2.48. The highest BCUT2D eigenvalue weighted by atomic mass is 19.4. The minimum absolute atomic E-state index is 0.0370. The summed E-state index contributed by atoms with van der Waals surface area (Å²) in [5.41, 5.74) is 6.38. The molecule has 1 saturated carbocycles. The largest absolute Gasteiger partial charge is 0.573 e. The van der Waals surface area contributed by atoms with Crippen molar-refractivity contribution in [1.82, 2.24) is 4.90 Å². The first-order valence-electron chi connectivity index (χ1n) is 8.65. The van der Waals surface area contributed by atoms with E-state index < -0.39 is 6.36 Å². The maximum absolute atomic E-state index is 12.6. The Morgan fingerprint density at radius 3 is 2.52 bits per heavy atom. The van der Waals surface area contributed by atoms with Gasteiger partial charge in [-0.05, 0) is 49.7 Å². The van der Waals surface area contributed by atoms with Gasteiger partial charge in [-0.3, -0.25) is 4.79 Å². The van der Waals surface area contributed by atoms with Crippen molar-refractivity contribution < 1.29 is 22.7 Å². The second-order valence-corrected chi connectivity index (χ2v) is 7.06. The Balaban J connectivity index is 1.62. The number of amides is 1. The molecule has 1 aromatic rings. The topological polar surface area (TPSA) is 55.6 Å². The van der Waals surface area contributed by atoms with Crippen LogP contribution < -0.4 is 10.5 Å². The Bertz CT molecular complexity index is 625. The van der Waals surface area contributed by atoms with Gasteiger partial charge in [0.05, 0.1) is 0 Å². The highest BCUT2D eigenvalue weighted by Crippen LogP contribution is 2.52. The van der Waals surface area contributed by atoms with Gasteiger partial charge in [-0.25, -0.2) is 0 Å². The first-order chi connectivity index (χ1) is 11.8. The monoisotopic (exact) mass is 356 g/mol. The lowest BCUT2D eigenvalue weighted by Crippen LogP contribution is -2.43. The van der Waals surface area contributed by atoms with Crippen LogP contribution in [0.2, 0.25) is 0 Å². The van der Waals surface area contributed by atoms with Crippen molar-refractivity contribution in [2.24, 2.45) is 17.6 Å². The number of hydrogen-bond donors (Lipinski definition) is 1. The molecule has 7 heteroatoms. The summed E-state index contributed by atoms with van der Waals surface area (Å²) in [5, 5.41) is 0. The quantitative estimate of drug-likeness (QED) is 0.901. The summed E-state index contributed by atoms with van der Waals surface area (Å²) in [6.45, 7) is 3.33. The van der Waals surface area contributed by atoms with E-state index in [-0.39, 0.29) is 29.5 Å². The van der Waals surface area contributed by atoms with E-state index in [2.05, 4.69) is 4.74 Å². The molecule has 1 heterocycles. The molecule has 25 heavy (non-hydrogen) atoms. The van der Waals surface area contributed by atoms with Gasteiger partial charge in [0.25, 0.3) is 0 Å². The van der Waals surface area contributed by atoms with E-state index in [4.69, 9.17) is 5.73 Å². The molecule has 3 rings (SSSR count). The van der Waals surface area contributed by atoms with E-state index in [1.54, 1.807) is 12.1 Å². The summed E-state index contributed by atoms with van der Waals surface area (Å²) in [5.74, 6) is -0.178. The van der Waals surface area contributed by atoms with Crippen molar-refractivity contribution in [3.05, 3.63) is 29.8 Å². The van der Waals surface area contributed by atoms with Crippen LogP contribution in [0.4, 0.5) is 13.2 Å². The van der Waals surface area contributed by atoms with Crippen molar-refractivity contribution in [2.75, 3.05) is 13.1 Å². The van der Waals surface area contributed by atoms with Gasteiger partial charge in [0.2, 0.25) is 5.91 Å². The summed E-state index contributed by atoms with van der Waals surface area (Å²) in [6.07, 6.45) is -2.39. The number of piperidine rings is 1. The third-order valence-electron chi connectivity index (χ3n) is 5.25. The minimum atomic E-state index is -4.73. The fourth-order valence-electron chi connectivity index (χ4n) is 3.70. The number of ether oxygens (including phenoxy) is 1. The van der Waals surface area contributed by atoms with E-state index in [1.807, 2.05) is 11.8 Å². The number of likely N-dealkylation sites (tertiary alicyclic amines) is 1. The van der Waals surface area contributed by atoms with Crippen molar-refractivity contribution in [3.63, 3.8) is 0 Å². The maximum Gasteiger partial charge on any atom is 0.573 e. The number of carbonyl (C=O) groups is 1. The Kier molecular flexibility index (Phi) is 4.95. The van der Waals surface area contributed by atoms with Crippen molar-refractivity contribution >= 4 is 5.91 Å². The van der Waals surface area contributed by atoms with Crippen LogP contribution in [-0.2, 0) is 4.79 Å². The molecule has 4 nitrogen and oxygen atoms in total. The number of carbonyl (C=O) groups excluding carboxylic acids is 1. The van der Waals surface area contributed by atoms with Crippen LogP contribution in [-0.4, -0.2) is 36.3 Å². The molecule has 0 radical (unpaired) electrons. The zero-order chi connectivity index (χ0) is 18.2. The predicted molar refractivity (Wildman–Crippen MR) is 86.9 cm³/mol. The van der Waals surface area contributed by atoms with Gasteiger partial charge in [0.15, 0.2) is 0 Å². The van der Waals surface area contributed by atoms with Gasteiger partial charge in [-0.1, -0.05) is 18.2 Å². The molecular formula is C18H23F3N2O2. The molecule has 3 atom stereocenters. The summed E-state index contributed by atoms with van der Waals surface area (Å²) in [7, 11) is 0. The average molecular weight is 356 g/mol. The first-order valence-corrected chi connectivity index (χ1v) is 8.65. The smallest absolute Gasteiger partial charge is 0.405 e. The van der Waals surface area contributed by atoms with Crippen LogP contribution in [0.3, 0.4) is 0 Å². The number of rotatable bonds is 4. The van der Waals surface area contributed by atoms with Crippen molar-refractivity contribution in [2.45, 2.75) is 44.5 Å². The minimum Gasteiger partial charge on any atom is -0.405 e. The van der Waals surface area contributed by atoms with Crippen LogP contribution in [0.1, 0.15) is 37.7 Å². The van der Waals surface area contributed by atoms with Gasteiger partial charge < -0.3 is 15.4 Å². The summed E-state index contributed by atoms with van der Waals surface area (Å²) in [4.78, 5) is 14.5. The molecule has 2 N–H and O–H groups in total. The standard InChI is InChI=1S/C18H23F3N2O2/c1-11(22)12-6-8-23(9-7-12)17(24)15-10-14(15)13-4-2-3-5-16(13)25-18(19,20)21/h2-5,11-12,14-15H,6-10,22H2,1H3. The second kappa shape index (κ2) is 6.86. The van der Waals surface area contributed by atoms with E-state index in [9.17, 15) is 18.0 Å². The molecule has 0 bridgehead atoms. The molecule has 138 valence electrons. The number of hydrogen-bond acceptors (Lipinski definition) is 3. The summed E-state index contributed by atoms with van der Waals surface area (Å²) < 4.78 is 41.7. The Hall–Kier alpha value is -1.76. The third kappa shape index (κ3) is 4.26. The van der Waals surface area contributed by atoms with Gasteiger partial charge in [0, 0.05) is 25.0 Å². The number of nitrogens with two attached hydrogens (primary N) is 1. The number of nitrogens with zero attached hydrogens (tertiary/aromatic N) is 1. The van der Waals surface area contributed by atoms with Crippen molar-refractivity contribution in [1.29, 1.82) is 0 Å². The lowest BCUT2D eigenvalue weighted by molar-refractivity contribution is -0.274. The molecule has 1 aliphatic heterocycles. The molecular weight excluding hydrogens is 333 g/mol. The molecule has 1 amide bonds. The van der Waals surface area contributed by atoms with E-state index in [0.717, 1.165) is 12.8 Å². The third-order valence-corrected chi connectivity index (χ3v) is 5.25. The number of alkyl halides is 3. The number of halogens is 3. The van der Waals surface area contributed by atoms with Crippen LogP contribution >= 0.6 is 0 Å². The van der Waals surface area contributed by atoms with Crippen LogP contribution in [0.15, 0.2) is 24.3 Å². The van der Waals surface area contributed by atoms with E-state index in [1.165, 1.54) is 12.1 Å². The van der Waals surface area contributed by atoms with E-state index in [0.29, 0.717) is 31.0 Å². The first kappa shape index (κ1) is 18.0. The highest BCUT2D eigenvalue weighted by molar-refractivity contribution is 5.83. The van der Waals surface area contributed by atoms with Crippen LogP contribution in [0.25, 0.3) is 0 Å². The van der Waals surface area contributed by atoms with Gasteiger partial charge in [-0.2, -0.15) is 0 Å². The predicted octanol–water partition coefficient (Wildman–Crippen LogP) is 3.27. The molecule has 0 spiro atoms. The number of benzene rings is 1. The summed E-state index contributed by atoms with van der Waals surface area (Å²) >= 11 is 0. The Labute approximate surface area is 145 Å². The molecule has 3 unspecified atom stereocenters. The normalized spacial score (nSPS) is 25.6. The average Bonchev–Trinajstić information content (AvgIpc) is 3.33. The molecule has 0 aromatic heterocycles.